The van der Waals surface area contributed by atoms with E-state index in [1.165, 1.54) is 6.92 Å². The predicted octanol–water partition coefficient (Wildman–Crippen LogP) is 0.946. The third kappa shape index (κ3) is 2.93. The number of carbonyl (C=O) groups is 1. The number of carbonyl (C=O) groups excluding carboxylic acids is 1. The number of rotatable bonds is 2. The zero-order chi connectivity index (χ0) is 15.4. The summed E-state index contributed by atoms with van der Waals surface area (Å²) in [5.41, 5.74) is 0. The van der Waals surface area contributed by atoms with E-state index >= 15 is 0 Å². The Hall–Kier alpha value is -0.730. The third-order valence-corrected chi connectivity index (χ3v) is 3.73. The fourth-order valence-electron chi connectivity index (χ4n) is 3.01. The van der Waals surface area contributed by atoms with Gasteiger partial charge < -0.3 is 28.4 Å². The molecule has 0 aromatic carbocycles. The first kappa shape index (κ1) is 15.2. The molecule has 0 aliphatic carbocycles. The van der Waals surface area contributed by atoms with Crippen LogP contribution in [0.25, 0.3) is 0 Å². The topological polar surface area (TPSA) is 72.5 Å². The number of ether oxygens (including phenoxy) is 6. The summed E-state index contributed by atoms with van der Waals surface area (Å²) in [5, 5.41) is 0. The van der Waals surface area contributed by atoms with E-state index in [1.807, 2.05) is 13.8 Å². The molecule has 0 radical (unpaired) electrons. The van der Waals surface area contributed by atoms with Crippen molar-refractivity contribution < 1.29 is 33.2 Å². The van der Waals surface area contributed by atoms with Crippen LogP contribution in [0.15, 0.2) is 0 Å². The van der Waals surface area contributed by atoms with Crippen molar-refractivity contribution in [3.8, 4) is 0 Å². The Kier molecular flexibility index (Phi) is 3.53. The summed E-state index contributed by atoms with van der Waals surface area (Å²) in [6.07, 6.45) is -2.40. The maximum Gasteiger partial charge on any atom is 0.303 e. The number of hydrogen-bond acceptors (Lipinski definition) is 7. The molecule has 0 bridgehead atoms. The standard InChI is InChI=1S/C14H22O7/c1-7(15)17-10-9(8-6-16-13(2,3)19-8)18-12-11(10)20-14(4,5)21-12/h8-12H,6H2,1-5H3/t8-,9-,10+,11+,12-/m0/s1. The minimum absolute atomic E-state index is 0.328. The minimum atomic E-state index is -0.759. The fraction of sp³-hybridized carbons (Fsp3) is 0.929. The number of fused-ring (bicyclic) bond motifs is 1. The van der Waals surface area contributed by atoms with Gasteiger partial charge in [0.1, 0.15) is 12.2 Å². The van der Waals surface area contributed by atoms with Crippen LogP contribution in [-0.2, 0) is 33.2 Å². The van der Waals surface area contributed by atoms with Crippen molar-refractivity contribution in [3.63, 3.8) is 0 Å². The molecule has 0 spiro atoms. The molecule has 0 unspecified atom stereocenters. The lowest BCUT2D eigenvalue weighted by molar-refractivity contribution is -0.235. The highest BCUT2D eigenvalue weighted by Crippen LogP contribution is 2.41. The smallest absolute Gasteiger partial charge is 0.303 e. The summed E-state index contributed by atoms with van der Waals surface area (Å²) in [7, 11) is 0. The lowest BCUT2D eigenvalue weighted by Gasteiger charge is -2.28. The van der Waals surface area contributed by atoms with Crippen LogP contribution in [0, 0.1) is 0 Å². The summed E-state index contributed by atoms with van der Waals surface area (Å²) in [6.45, 7) is 9.00. The molecule has 3 fully saturated rings. The van der Waals surface area contributed by atoms with E-state index in [1.54, 1.807) is 13.8 Å². The second-order valence-electron chi connectivity index (χ2n) is 6.51. The Morgan fingerprint density at radius 3 is 2.33 bits per heavy atom. The van der Waals surface area contributed by atoms with Crippen LogP contribution in [0.1, 0.15) is 34.6 Å². The highest BCUT2D eigenvalue weighted by molar-refractivity contribution is 5.66. The van der Waals surface area contributed by atoms with E-state index in [0.29, 0.717) is 6.61 Å². The first-order valence-corrected chi connectivity index (χ1v) is 7.17. The highest BCUT2D eigenvalue weighted by Gasteiger charge is 2.59. The Bertz CT molecular complexity index is 433. The SMILES string of the molecule is CC(=O)O[C@@H]1[C@H]([C@@H]2COC(C)(C)O2)O[C@H]2OC(C)(C)O[C@@H]21. The average molecular weight is 302 g/mol. The second kappa shape index (κ2) is 4.89. The van der Waals surface area contributed by atoms with Crippen LogP contribution in [0.4, 0.5) is 0 Å². The zero-order valence-corrected chi connectivity index (χ0v) is 13.0. The van der Waals surface area contributed by atoms with E-state index in [-0.39, 0.29) is 12.1 Å². The quantitative estimate of drug-likeness (QED) is 0.703. The van der Waals surface area contributed by atoms with Gasteiger partial charge in [0.2, 0.25) is 0 Å². The molecule has 0 saturated carbocycles. The molecule has 0 aromatic rings. The van der Waals surface area contributed by atoms with Gasteiger partial charge in [0.25, 0.3) is 0 Å². The van der Waals surface area contributed by atoms with Gasteiger partial charge in [0, 0.05) is 6.92 Å². The van der Waals surface area contributed by atoms with Gasteiger partial charge in [-0.15, -0.1) is 0 Å². The molecule has 7 nitrogen and oxygen atoms in total. The molecule has 3 heterocycles. The molecule has 21 heavy (non-hydrogen) atoms. The maximum absolute atomic E-state index is 11.4. The van der Waals surface area contributed by atoms with Crippen molar-refractivity contribution in [2.75, 3.05) is 6.61 Å². The predicted molar refractivity (Wildman–Crippen MR) is 69.2 cm³/mol. The van der Waals surface area contributed by atoms with Crippen molar-refractivity contribution in [3.05, 3.63) is 0 Å². The van der Waals surface area contributed by atoms with Crippen molar-refractivity contribution in [2.45, 2.75) is 76.9 Å². The summed E-state index contributed by atoms with van der Waals surface area (Å²) in [5.74, 6) is -1.82. The van der Waals surface area contributed by atoms with Gasteiger partial charge in [0.15, 0.2) is 30.1 Å². The monoisotopic (exact) mass is 302 g/mol. The van der Waals surface area contributed by atoms with Crippen LogP contribution in [-0.4, -0.2) is 54.9 Å². The van der Waals surface area contributed by atoms with E-state index in [9.17, 15) is 4.79 Å². The number of hydrogen-bond donors (Lipinski definition) is 0. The van der Waals surface area contributed by atoms with Crippen LogP contribution in [0.3, 0.4) is 0 Å². The van der Waals surface area contributed by atoms with Crippen LogP contribution in [0.5, 0.6) is 0 Å². The van der Waals surface area contributed by atoms with Crippen LogP contribution in [0.2, 0.25) is 0 Å². The lowest BCUT2D eigenvalue weighted by atomic mass is 10.1. The van der Waals surface area contributed by atoms with Gasteiger partial charge in [-0.05, 0) is 27.7 Å². The Labute approximate surface area is 123 Å². The number of esters is 1. The summed E-state index contributed by atoms with van der Waals surface area (Å²) < 4.78 is 34.2. The second-order valence-corrected chi connectivity index (χ2v) is 6.51. The van der Waals surface area contributed by atoms with Gasteiger partial charge in [0.05, 0.1) is 6.61 Å². The van der Waals surface area contributed by atoms with Gasteiger partial charge in [-0.25, -0.2) is 0 Å². The zero-order valence-electron chi connectivity index (χ0n) is 13.0. The third-order valence-electron chi connectivity index (χ3n) is 3.73. The first-order chi connectivity index (χ1) is 9.67. The van der Waals surface area contributed by atoms with Crippen LogP contribution >= 0.6 is 0 Å². The molecule has 3 aliphatic heterocycles. The van der Waals surface area contributed by atoms with E-state index in [0.717, 1.165) is 0 Å². The van der Waals surface area contributed by atoms with E-state index in [4.69, 9.17) is 28.4 Å². The van der Waals surface area contributed by atoms with E-state index in [2.05, 4.69) is 0 Å². The molecule has 3 saturated heterocycles. The summed E-state index contributed by atoms with van der Waals surface area (Å²) in [6, 6.07) is 0. The summed E-state index contributed by atoms with van der Waals surface area (Å²) >= 11 is 0. The molecule has 120 valence electrons. The molecule has 0 aromatic heterocycles. The molecule has 3 aliphatic rings. The van der Waals surface area contributed by atoms with Crippen LogP contribution < -0.4 is 0 Å². The molecular formula is C14H22O7. The largest absolute Gasteiger partial charge is 0.457 e. The van der Waals surface area contributed by atoms with Gasteiger partial charge in [-0.2, -0.15) is 0 Å². The first-order valence-electron chi connectivity index (χ1n) is 7.17. The van der Waals surface area contributed by atoms with Gasteiger partial charge in [-0.3, -0.25) is 4.79 Å². The molecule has 0 amide bonds. The molecule has 5 atom stereocenters. The van der Waals surface area contributed by atoms with Crippen molar-refractivity contribution in [1.82, 2.24) is 0 Å². The van der Waals surface area contributed by atoms with Crippen molar-refractivity contribution in [2.24, 2.45) is 0 Å². The molecule has 3 rings (SSSR count). The minimum Gasteiger partial charge on any atom is -0.457 e. The van der Waals surface area contributed by atoms with Gasteiger partial charge in [-0.1, -0.05) is 0 Å². The Morgan fingerprint density at radius 1 is 1.05 bits per heavy atom. The normalized spacial score (nSPS) is 43.8. The average Bonchev–Trinajstić information content (AvgIpc) is 2.90. The molecule has 7 heteroatoms. The lowest BCUT2D eigenvalue weighted by Crippen LogP contribution is -2.44. The fourth-order valence-corrected chi connectivity index (χ4v) is 3.01. The van der Waals surface area contributed by atoms with Crippen molar-refractivity contribution >= 4 is 5.97 Å². The molecular weight excluding hydrogens is 280 g/mol. The van der Waals surface area contributed by atoms with Gasteiger partial charge >= 0.3 is 5.97 Å². The maximum atomic E-state index is 11.4. The summed E-state index contributed by atoms with van der Waals surface area (Å²) in [4.78, 5) is 11.4. The Morgan fingerprint density at radius 2 is 1.76 bits per heavy atom. The highest BCUT2D eigenvalue weighted by atomic mass is 16.8. The van der Waals surface area contributed by atoms with E-state index < -0.39 is 36.2 Å². The Balaban J connectivity index is 1.77. The van der Waals surface area contributed by atoms with Crippen molar-refractivity contribution in [1.29, 1.82) is 0 Å². The molecule has 0 N–H and O–H groups in total.